The van der Waals surface area contributed by atoms with Crippen molar-refractivity contribution < 1.29 is 0 Å². The van der Waals surface area contributed by atoms with Crippen LogP contribution in [0.1, 0.15) is 38.3 Å². The summed E-state index contributed by atoms with van der Waals surface area (Å²) >= 11 is 6.17. The van der Waals surface area contributed by atoms with Gasteiger partial charge in [-0.05, 0) is 37.9 Å². The number of anilines is 1. The molecule has 0 radical (unpaired) electrons. The summed E-state index contributed by atoms with van der Waals surface area (Å²) in [5.41, 5.74) is 6.61. The molecule has 4 heteroatoms. The summed E-state index contributed by atoms with van der Waals surface area (Å²) in [4.78, 5) is 6.71. The summed E-state index contributed by atoms with van der Waals surface area (Å²) in [6, 6.07) is 4.21. The quantitative estimate of drug-likeness (QED) is 0.913. The predicted octanol–water partition coefficient (Wildman–Crippen LogP) is 3.33. The van der Waals surface area contributed by atoms with E-state index < -0.39 is 0 Å². The van der Waals surface area contributed by atoms with E-state index in [2.05, 4.69) is 23.9 Å². The molecular formula is C14H22ClN3. The van der Waals surface area contributed by atoms with Crippen molar-refractivity contribution in [1.82, 2.24) is 9.88 Å². The van der Waals surface area contributed by atoms with Crippen LogP contribution in [0.5, 0.6) is 0 Å². The Kier molecular flexibility index (Phi) is 4.46. The van der Waals surface area contributed by atoms with Gasteiger partial charge in [0, 0.05) is 12.6 Å². The standard InChI is InChI=1S/C14H22ClN3/c1-10-5-3-4-6-13(10)18(2)9-12-11(15)7-8-14(16)17-12/h7-8,10,13H,3-6,9H2,1-2H3,(H2,16,17). The molecule has 1 heterocycles. The van der Waals surface area contributed by atoms with Crippen LogP contribution in [0, 0.1) is 5.92 Å². The van der Waals surface area contributed by atoms with Crippen molar-refractivity contribution >= 4 is 17.4 Å². The highest BCUT2D eigenvalue weighted by Gasteiger charge is 2.25. The zero-order chi connectivity index (χ0) is 13.1. The third-order valence-corrected chi connectivity index (χ3v) is 4.32. The summed E-state index contributed by atoms with van der Waals surface area (Å²) in [6.45, 7) is 3.12. The lowest BCUT2D eigenvalue weighted by Gasteiger charge is -2.36. The van der Waals surface area contributed by atoms with E-state index in [1.54, 1.807) is 6.07 Å². The highest BCUT2D eigenvalue weighted by molar-refractivity contribution is 6.31. The Hall–Kier alpha value is -0.800. The Morgan fingerprint density at radius 1 is 1.39 bits per heavy atom. The molecule has 0 spiro atoms. The van der Waals surface area contributed by atoms with Crippen LogP contribution in [0.25, 0.3) is 0 Å². The lowest BCUT2D eigenvalue weighted by atomic mass is 9.85. The van der Waals surface area contributed by atoms with Gasteiger partial charge in [0.05, 0.1) is 10.7 Å². The van der Waals surface area contributed by atoms with Gasteiger partial charge < -0.3 is 5.73 Å². The van der Waals surface area contributed by atoms with Gasteiger partial charge in [0.25, 0.3) is 0 Å². The Labute approximate surface area is 114 Å². The third kappa shape index (κ3) is 3.15. The topological polar surface area (TPSA) is 42.2 Å². The largest absolute Gasteiger partial charge is 0.384 e. The molecule has 1 saturated carbocycles. The molecule has 0 aromatic carbocycles. The normalized spacial score (nSPS) is 24.4. The summed E-state index contributed by atoms with van der Waals surface area (Å²) < 4.78 is 0. The van der Waals surface area contributed by atoms with Crippen LogP contribution in [0.4, 0.5) is 5.82 Å². The van der Waals surface area contributed by atoms with E-state index in [1.807, 2.05) is 6.07 Å². The Morgan fingerprint density at radius 3 is 2.83 bits per heavy atom. The fraction of sp³-hybridized carbons (Fsp3) is 0.643. The number of aromatic nitrogens is 1. The molecule has 0 saturated heterocycles. The van der Waals surface area contributed by atoms with Gasteiger partial charge in [0.15, 0.2) is 0 Å². The van der Waals surface area contributed by atoms with Crippen molar-refractivity contribution in [3.05, 3.63) is 22.8 Å². The molecule has 0 aliphatic heterocycles. The molecule has 0 bridgehead atoms. The van der Waals surface area contributed by atoms with Crippen molar-refractivity contribution in [2.24, 2.45) is 5.92 Å². The molecule has 2 unspecified atom stereocenters. The van der Waals surface area contributed by atoms with Gasteiger partial charge in [-0.25, -0.2) is 4.98 Å². The average molecular weight is 268 g/mol. The first-order valence-corrected chi connectivity index (χ1v) is 7.07. The van der Waals surface area contributed by atoms with Crippen LogP contribution >= 0.6 is 11.6 Å². The van der Waals surface area contributed by atoms with Crippen LogP contribution in [0.2, 0.25) is 5.02 Å². The Morgan fingerprint density at radius 2 is 2.11 bits per heavy atom. The molecule has 1 aromatic heterocycles. The molecule has 2 atom stereocenters. The van der Waals surface area contributed by atoms with Gasteiger partial charge in [-0.2, -0.15) is 0 Å². The molecular weight excluding hydrogens is 246 g/mol. The van der Waals surface area contributed by atoms with Crippen LogP contribution in [0.15, 0.2) is 12.1 Å². The third-order valence-electron chi connectivity index (χ3n) is 3.97. The Balaban J connectivity index is 2.05. The summed E-state index contributed by atoms with van der Waals surface area (Å²) in [6.07, 6.45) is 5.30. The first-order chi connectivity index (χ1) is 8.58. The summed E-state index contributed by atoms with van der Waals surface area (Å²) in [7, 11) is 2.16. The number of hydrogen-bond donors (Lipinski definition) is 1. The van der Waals surface area contributed by atoms with Crippen molar-refractivity contribution in [2.45, 2.75) is 45.2 Å². The first-order valence-electron chi connectivity index (χ1n) is 6.69. The number of hydrogen-bond acceptors (Lipinski definition) is 3. The number of nitrogens with zero attached hydrogens (tertiary/aromatic N) is 2. The number of pyridine rings is 1. The number of rotatable bonds is 3. The molecule has 1 aliphatic rings. The molecule has 2 rings (SSSR count). The highest BCUT2D eigenvalue weighted by atomic mass is 35.5. The van der Waals surface area contributed by atoms with E-state index in [0.29, 0.717) is 16.9 Å². The second-order valence-corrected chi connectivity index (χ2v) is 5.82. The van der Waals surface area contributed by atoms with Crippen LogP contribution in [-0.2, 0) is 6.54 Å². The SMILES string of the molecule is CC1CCCCC1N(C)Cc1nc(N)ccc1Cl. The number of nitrogens with two attached hydrogens (primary N) is 1. The smallest absolute Gasteiger partial charge is 0.123 e. The van der Waals surface area contributed by atoms with E-state index >= 15 is 0 Å². The van der Waals surface area contributed by atoms with Gasteiger partial charge in [-0.3, -0.25) is 4.90 Å². The van der Waals surface area contributed by atoms with Gasteiger partial charge in [0.2, 0.25) is 0 Å². The lowest BCUT2D eigenvalue weighted by Crippen LogP contribution is -2.38. The van der Waals surface area contributed by atoms with Crippen molar-refractivity contribution in [3.8, 4) is 0 Å². The molecule has 3 nitrogen and oxygen atoms in total. The van der Waals surface area contributed by atoms with Gasteiger partial charge >= 0.3 is 0 Å². The van der Waals surface area contributed by atoms with Gasteiger partial charge in [-0.1, -0.05) is 31.4 Å². The summed E-state index contributed by atoms with van der Waals surface area (Å²) in [5, 5.41) is 0.708. The fourth-order valence-corrected chi connectivity index (χ4v) is 3.08. The average Bonchev–Trinajstić information content (AvgIpc) is 2.34. The molecule has 100 valence electrons. The second-order valence-electron chi connectivity index (χ2n) is 5.41. The minimum Gasteiger partial charge on any atom is -0.384 e. The van der Waals surface area contributed by atoms with Crippen LogP contribution in [0.3, 0.4) is 0 Å². The van der Waals surface area contributed by atoms with Crippen molar-refractivity contribution in [2.75, 3.05) is 12.8 Å². The van der Waals surface area contributed by atoms with E-state index in [4.69, 9.17) is 17.3 Å². The molecule has 0 amide bonds. The molecule has 1 aromatic rings. The van der Waals surface area contributed by atoms with Gasteiger partial charge in [0.1, 0.15) is 5.82 Å². The minimum absolute atomic E-state index is 0.541. The molecule has 2 N–H and O–H groups in total. The monoisotopic (exact) mass is 267 g/mol. The highest BCUT2D eigenvalue weighted by Crippen LogP contribution is 2.28. The number of nitrogen functional groups attached to an aromatic ring is 1. The van der Waals surface area contributed by atoms with Crippen molar-refractivity contribution in [3.63, 3.8) is 0 Å². The first kappa shape index (κ1) is 13.6. The van der Waals surface area contributed by atoms with Gasteiger partial charge in [-0.15, -0.1) is 0 Å². The maximum absolute atomic E-state index is 6.17. The van der Waals surface area contributed by atoms with E-state index in [1.165, 1.54) is 25.7 Å². The lowest BCUT2D eigenvalue weighted by molar-refractivity contribution is 0.132. The Bertz CT molecular complexity index is 408. The number of halogens is 1. The zero-order valence-corrected chi connectivity index (χ0v) is 12.0. The van der Waals surface area contributed by atoms with Crippen LogP contribution in [-0.4, -0.2) is 23.0 Å². The molecule has 18 heavy (non-hydrogen) atoms. The van der Waals surface area contributed by atoms with E-state index in [0.717, 1.165) is 18.2 Å². The van der Waals surface area contributed by atoms with E-state index in [-0.39, 0.29) is 0 Å². The fourth-order valence-electron chi connectivity index (χ4n) is 2.92. The summed E-state index contributed by atoms with van der Waals surface area (Å²) in [5.74, 6) is 1.29. The van der Waals surface area contributed by atoms with E-state index in [9.17, 15) is 0 Å². The predicted molar refractivity (Wildman–Crippen MR) is 76.5 cm³/mol. The maximum Gasteiger partial charge on any atom is 0.123 e. The maximum atomic E-state index is 6.17. The molecule has 1 aliphatic carbocycles. The van der Waals surface area contributed by atoms with Crippen molar-refractivity contribution in [1.29, 1.82) is 0 Å². The van der Waals surface area contributed by atoms with Crippen LogP contribution < -0.4 is 5.73 Å². The minimum atomic E-state index is 0.541. The molecule has 1 fully saturated rings. The second kappa shape index (κ2) is 5.89. The zero-order valence-electron chi connectivity index (χ0n) is 11.2.